The van der Waals surface area contributed by atoms with E-state index in [0.29, 0.717) is 0 Å². The van der Waals surface area contributed by atoms with E-state index in [1.807, 2.05) is 0 Å². The summed E-state index contributed by atoms with van der Waals surface area (Å²) in [6.45, 7) is 0. The molecule has 2 aromatic heterocycles. The van der Waals surface area contributed by atoms with Crippen molar-refractivity contribution in [2.24, 2.45) is 0 Å². The van der Waals surface area contributed by atoms with Gasteiger partial charge in [-0.2, -0.15) is 18.2 Å². The summed E-state index contributed by atoms with van der Waals surface area (Å²) >= 11 is 6.11. The minimum absolute atomic E-state index is 0.00956. The number of halogens is 5. The predicted octanol–water partition coefficient (Wildman–Crippen LogP) is 3.98. The van der Waals surface area contributed by atoms with E-state index in [2.05, 4.69) is 15.3 Å². The molecule has 4 rings (SSSR count). The van der Waals surface area contributed by atoms with Gasteiger partial charge in [0.05, 0.1) is 22.1 Å². The van der Waals surface area contributed by atoms with Gasteiger partial charge >= 0.3 is 11.9 Å². The average Bonchev–Trinajstić information content (AvgIpc) is 3.30. The number of hydrogen-bond acceptors (Lipinski definition) is 4. The summed E-state index contributed by atoms with van der Waals surface area (Å²) in [4.78, 5) is 20.1. The van der Waals surface area contributed by atoms with Gasteiger partial charge in [-0.3, -0.25) is 0 Å². The largest absolute Gasteiger partial charge is 0.433 e. The van der Waals surface area contributed by atoms with Crippen LogP contribution in [0.4, 0.5) is 23.4 Å². The molecule has 0 spiro atoms. The van der Waals surface area contributed by atoms with Crippen LogP contribution in [0.2, 0.25) is 5.02 Å². The molecule has 2 heterocycles. The summed E-state index contributed by atoms with van der Waals surface area (Å²) < 4.78 is 53.6. The monoisotopic (exact) mass is 398 g/mol. The van der Waals surface area contributed by atoms with Crippen molar-refractivity contribution < 1.29 is 17.6 Å². The van der Waals surface area contributed by atoms with Crippen LogP contribution in [0.25, 0.3) is 16.7 Å². The number of hydrogen-bond donors (Lipinski definition) is 1. The third kappa shape index (κ3) is 3.23. The van der Waals surface area contributed by atoms with Crippen molar-refractivity contribution in [1.82, 2.24) is 14.5 Å². The summed E-state index contributed by atoms with van der Waals surface area (Å²) in [6, 6.07) is 7.58. The Hall–Kier alpha value is -2.68. The molecule has 10 heteroatoms. The fourth-order valence-electron chi connectivity index (χ4n) is 2.71. The van der Waals surface area contributed by atoms with Gasteiger partial charge < -0.3 is 5.32 Å². The molecule has 5 nitrogen and oxygen atoms in total. The number of nitrogens with zero attached hydrogens (tertiary/aromatic N) is 3. The van der Waals surface area contributed by atoms with Crippen LogP contribution in [0.15, 0.2) is 41.2 Å². The number of benzene rings is 1. The van der Waals surface area contributed by atoms with E-state index in [9.17, 15) is 22.4 Å². The van der Waals surface area contributed by atoms with Crippen LogP contribution in [0, 0.1) is 0 Å². The lowest BCUT2D eigenvalue weighted by Crippen LogP contribution is -2.25. The summed E-state index contributed by atoms with van der Waals surface area (Å²) in [7, 11) is 0. The lowest BCUT2D eigenvalue weighted by atomic mass is 10.2. The molecule has 1 aliphatic rings. The Morgan fingerprint density at radius 2 is 1.85 bits per heavy atom. The molecular formula is C17H11ClF4N4O. The normalized spacial score (nSPS) is 19.3. The van der Waals surface area contributed by atoms with Gasteiger partial charge in [0, 0.05) is 6.42 Å². The highest BCUT2D eigenvalue weighted by Crippen LogP contribution is 2.34. The van der Waals surface area contributed by atoms with Crippen molar-refractivity contribution in [3.8, 4) is 5.69 Å². The highest BCUT2D eigenvalue weighted by molar-refractivity contribution is 6.32. The number of aromatic nitrogens is 3. The van der Waals surface area contributed by atoms with Crippen molar-refractivity contribution in [2.45, 2.75) is 24.8 Å². The van der Waals surface area contributed by atoms with Crippen LogP contribution in [0.3, 0.4) is 0 Å². The number of para-hydroxylation sites is 1. The number of pyridine rings is 1. The number of alkyl halides is 4. The second kappa shape index (κ2) is 6.19. The molecule has 2 atom stereocenters. The molecule has 27 heavy (non-hydrogen) atoms. The lowest BCUT2D eigenvalue weighted by molar-refractivity contribution is -0.141. The summed E-state index contributed by atoms with van der Waals surface area (Å²) in [6.07, 6.45) is -5.55. The smallest absolute Gasteiger partial charge is 0.364 e. The Morgan fingerprint density at radius 1 is 1.15 bits per heavy atom. The minimum Gasteiger partial charge on any atom is -0.364 e. The van der Waals surface area contributed by atoms with Gasteiger partial charge in [0.1, 0.15) is 17.7 Å². The van der Waals surface area contributed by atoms with Crippen LogP contribution >= 0.6 is 11.6 Å². The van der Waals surface area contributed by atoms with Gasteiger partial charge in [0.25, 0.3) is 0 Å². The number of nitrogens with one attached hydrogen (secondary N) is 1. The molecule has 0 radical (unpaired) electrons. The quantitative estimate of drug-likeness (QED) is 0.678. The van der Waals surface area contributed by atoms with Gasteiger partial charge in [-0.15, -0.1) is 0 Å². The highest BCUT2D eigenvalue weighted by Gasteiger charge is 2.38. The van der Waals surface area contributed by atoms with E-state index >= 15 is 0 Å². The SMILES string of the molecule is O=c1nc(N[C@@H]2C[C@@H]2F)c2ccc(C(F)(F)F)nc2n1-c1ccccc1Cl. The van der Waals surface area contributed by atoms with Gasteiger partial charge in [-0.1, -0.05) is 23.7 Å². The van der Waals surface area contributed by atoms with Crippen LogP contribution in [0.5, 0.6) is 0 Å². The molecule has 0 aliphatic heterocycles. The molecule has 1 N–H and O–H groups in total. The zero-order valence-corrected chi connectivity index (χ0v) is 14.2. The second-order valence-corrected chi connectivity index (χ2v) is 6.50. The van der Waals surface area contributed by atoms with Crippen LogP contribution in [-0.4, -0.2) is 26.7 Å². The van der Waals surface area contributed by atoms with Gasteiger partial charge in [0.2, 0.25) is 0 Å². The molecule has 3 aromatic rings. The first-order valence-electron chi connectivity index (χ1n) is 7.92. The van der Waals surface area contributed by atoms with Crippen LogP contribution in [0.1, 0.15) is 12.1 Å². The summed E-state index contributed by atoms with van der Waals surface area (Å²) in [5.41, 5.74) is -2.16. The maximum atomic E-state index is 13.2. The molecule has 1 saturated carbocycles. The van der Waals surface area contributed by atoms with Crippen molar-refractivity contribution in [2.75, 3.05) is 5.32 Å². The zero-order valence-electron chi connectivity index (χ0n) is 13.5. The molecule has 0 saturated heterocycles. The Balaban J connectivity index is 2.01. The van der Waals surface area contributed by atoms with Crippen molar-refractivity contribution >= 4 is 28.5 Å². The van der Waals surface area contributed by atoms with Gasteiger partial charge in [0.15, 0.2) is 5.65 Å². The molecule has 1 aromatic carbocycles. The Kier molecular flexibility index (Phi) is 4.06. The summed E-state index contributed by atoms with van der Waals surface area (Å²) in [5.74, 6) is -0.00956. The van der Waals surface area contributed by atoms with E-state index in [0.717, 1.165) is 16.7 Å². The van der Waals surface area contributed by atoms with Crippen LogP contribution in [-0.2, 0) is 6.18 Å². The minimum atomic E-state index is -4.70. The molecule has 0 bridgehead atoms. The van der Waals surface area contributed by atoms with Crippen molar-refractivity contribution in [3.05, 3.63) is 57.6 Å². The second-order valence-electron chi connectivity index (χ2n) is 6.10. The van der Waals surface area contributed by atoms with Crippen LogP contribution < -0.4 is 11.0 Å². The third-order valence-corrected chi connectivity index (χ3v) is 4.48. The third-order valence-electron chi connectivity index (χ3n) is 4.16. The lowest BCUT2D eigenvalue weighted by Gasteiger charge is -2.15. The maximum Gasteiger partial charge on any atom is 0.433 e. The fraction of sp³-hybridized carbons (Fsp3) is 0.235. The van der Waals surface area contributed by atoms with Crippen molar-refractivity contribution in [1.29, 1.82) is 0 Å². The molecule has 1 fully saturated rings. The first-order valence-corrected chi connectivity index (χ1v) is 8.30. The summed E-state index contributed by atoms with van der Waals surface area (Å²) in [5, 5.41) is 3.05. The van der Waals surface area contributed by atoms with Gasteiger partial charge in [-0.25, -0.2) is 18.7 Å². The Morgan fingerprint density at radius 3 is 2.48 bits per heavy atom. The maximum absolute atomic E-state index is 13.2. The molecule has 0 amide bonds. The standard InChI is InChI=1S/C17H11ClF4N4O/c18-9-3-1-2-4-12(9)26-15-8(5-6-13(24-15)17(20,21)22)14(25-16(26)27)23-11-7-10(11)19/h1-6,10-11H,7H2,(H,23,25,27)/t10-,11+/m0/s1. The van der Waals surface area contributed by atoms with E-state index in [4.69, 9.17) is 11.6 Å². The molecule has 140 valence electrons. The van der Waals surface area contributed by atoms with E-state index < -0.39 is 29.8 Å². The number of rotatable bonds is 3. The highest BCUT2D eigenvalue weighted by atomic mass is 35.5. The predicted molar refractivity (Wildman–Crippen MR) is 92.1 cm³/mol. The topological polar surface area (TPSA) is 59.8 Å². The van der Waals surface area contributed by atoms with Crippen molar-refractivity contribution in [3.63, 3.8) is 0 Å². The molecular weight excluding hydrogens is 388 g/mol. The van der Waals surface area contributed by atoms with Gasteiger partial charge in [-0.05, 0) is 24.3 Å². The Bertz CT molecular complexity index is 1100. The first kappa shape index (κ1) is 17.7. The fourth-order valence-corrected chi connectivity index (χ4v) is 2.93. The number of anilines is 1. The Labute approximate surface area is 154 Å². The van der Waals surface area contributed by atoms with E-state index in [1.165, 1.54) is 12.1 Å². The van der Waals surface area contributed by atoms with E-state index in [1.54, 1.807) is 12.1 Å². The number of fused-ring (bicyclic) bond motifs is 1. The van der Waals surface area contributed by atoms with E-state index in [-0.39, 0.29) is 34.0 Å². The first-order chi connectivity index (χ1) is 12.8. The molecule has 1 aliphatic carbocycles. The average molecular weight is 399 g/mol. The zero-order chi connectivity index (χ0) is 19.3. The molecule has 0 unspecified atom stereocenters.